The molecule has 0 aliphatic carbocycles. The first-order valence-corrected chi connectivity index (χ1v) is 9.36. The normalized spacial score (nSPS) is 11.1. The van der Waals surface area contributed by atoms with Gasteiger partial charge >= 0.3 is 5.97 Å². The number of nitrogens with one attached hydrogen (secondary N) is 1. The van der Waals surface area contributed by atoms with Crippen LogP contribution in [0.1, 0.15) is 31.4 Å². The van der Waals surface area contributed by atoms with Gasteiger partial charge < -0.3 is 26.8 Å². The molecular weight excluding hydrogens is 362 g/mol. The van der Waals surface area contributed by atoms with Gasteiger partial charge in [-0.3, -0.25) is 0 Å². The van der Waals surface area contributed by atoms with Gasteiger partial charge in [-0.25, -0.2) is 4.79 Å². The zero-order valence-electron chi connectivity index (χ0n) is 16.4. The van der Waals surface area contributed by atoms with Gasteiger partial charge in [-0.15, -0.1) is 0 Å². The monoisotopic (exact) mass is 391 g/mol. The van der Waals surface area contributed by atoms with Crippen LogP contribution in [0.5, 0.6) is 0 Å². The van der Waals surface area contributed by atoms with Crippen LogP contribution >= 0.6 is 0 Å². The maximum Gasteiger partial charge on any atom is 0.347 e. The number of hydrogen-bond acceptors (Lipinski definition) is 3. The smallest absolute Gasteiger partial charge is 0.347 e. The summed E-state index contributed by atoms with van der Waals surface area (Å²) in [6.45, 7) is 7.90. The Morgan fingerprint density at radius 3 is 1.81 bits per heavy atom. The molecule has 0 unspecified atom stereocenters. The molecule has 0 aliphatic rings. The molecule has 27 heavy (non-hydrogen) atoms. The predicted molar refractivity (Wildman–Crippen MR) is 103 cm³/mol. The average molecular weight is 392 g/mol. The van der Waals surface area contributed by atoms with Crippen molar-refractivity contribution in [1.29, 1.82) is 0 Å². The molecule has 0 aliphatic heterocycles. The molecule has 0 heterocycles. The van der Waals surface area contributed by atoms with Crippen LogP contribution in [-0.4, -0.2) is 39.3 Å². The minimum atomic E-state index is -1.25. The van der Waals surface area contributed by atoms with Crippen molar-refractivity contribution in [2.45, 2.75) is 25.9 Å². The van der Waals surface area contributed by atoms with Crippen molar-refractivity contribution in [3.8, 4) is 0 Å². The highest BCUT2D eigenvalue weighted by Gasteiger charge is 2.44. The van der Waals surface area contributed by atoms with Crippen LogP contribution in [0.4, 0.5) is 0 Å². The van der Waals surface area contributed by atoms with Crippen LogP contribution in [0.25, 0.3) is 0 Å². The molecule has 0 atom stereocenters. The Morgan fingerprint density at radius 2 is 1.41 bits per heavy atom. The Labute approximate surface area is 168 Å². The molecule has 0 fully saturated rings. The highest BCUT2D eigenvalue weighted by atomic mass is 35.5. The quantitative estimate of drug-likeness (QED) is 0.436. The molecule has 4 nitrogen and oxygen atoms in total. The minimum Gasteiger partial charge on any atom is -1.00 e. The SMILES string of the molecule is CC[NH+](CC)CCCOC(=O)C(OC)(c1ccccc1)c1ccccc1.[Cl-]. The lowest BCUT2D eigenvalue weighted by Gasteiger charge is -2.31. The molecule has 2 aromatic carbocycles. The van der Waals surface area contributed by atoms with Crippen LogP contribution < -0.4 is 17.3 Å². The minimum absolute atomic E-state index is 0. The summed E-state index contributed by atoms with van der Waals surface area (Å²) >= 11 is 0. The molecule has 0 amide bonds. The summed E-state index contributed by atoms with van der Waals surface area (Å²) in [6.07, 6.45) is 0.839. The maximum absolute atomic E-state index is 13.1. The summed E-state index contributed by atoms with van der Waals surface area (Å²) < 4.78 is 11.5. The van der Waals surface area contributed by atoms with Crippen LogP contribution in [-0.2, 0) is 19.9 Å². The van der Waals surface area contributed by atoms with Crippen LogP contribution in [0.15, 0.2) is 60.7 Å². The van der Waals surface area contributed by atoms with Gasteiger partial charge in [0, 0.05) is 13.5 Å². The van der Waals surface area contributed by atoms with E-state index in [-0.39, 0.29) is 18.4 Å². The number of benzene rings is 2. The van der Waals surface area contributed by atoms with E-state index in [0.717, 1.165) is 37.2 Å². The van der Waals surface area contributed by atoms with Crippen LogP contribution in [0.3, 0.4) is 0 Å². The first-order chi connectivity index (χ1) is 12.7. The summed E-state index contributed by atoms with van der Waals surface area (Å²) in [5.41, 5.74) is 0.297. The molecule has 5 heteroatoms. The molecule has 0 aromatic heterocycles. The van der Waals surface area contributed by atoms with Crippen LogP contribution in [0.2, 0.25) is 0 Å². The van der Waals surface area contributed by atoms with E-state index in [1.54, 1.807) is 7.11 Å². The first-order valence-electron chi connectivity index (χ1n) is 9.36. The molecule has 0 bridgehead atoms. The van der Waals surface area contributed by atoms with E-state index in [2.05, 4.69) is 13.8 Å². The van der Waals surface area contributed by atoms with E-state index in [4.69, 9.17) is 9.47 Å². The zero-order valence-corrected chi connectivity index (χ0v) is 17.2. The van der Waals surface area contributed by atoms with E-state index in [1.807, 2.05) is 60.7 Å². The molecule has 1 N–H and O–H groups in total. The fourth-order valence-corrected chi connectivity index (χ4v) is 3.26. The van der Waals surface area contributed by atoms with Gasteiger partial charge in [-0.2, -0.15) is 0 Å². The summed E-state index contributed by atoms with van der Waals surface area (Å²) in [5, 5.41) is 0. The molecule has 0 saturated carbocycles. The third-order valence-electron chi connectivity index (χ3n) is 4.86. The Morgan fingerprint density at radius 1 is 0.926 bits per heavy atom. The third kappa shape index (κ3) is 5.55. The summed E-state index contributed by atoms with van der Waals surface area (Å²) in [5.74, 6) is -0.369. The fourth-order valence-electron chi connectivity index (χ4n) is 3.26. The predicted octanol–water partition coefficient (Wildman–Crippen LogP) is -0.561. The van der Waals surface area contributed by atoms with Crippen molar-refractivity contribution < 1.29 is 31.6 Å². The molecule has 2 aromatic rings. The van der Waals surface area contributed by atoms with Crippen molar-refractivity contribution in [3.63, 3.8) is 0 Å². The lowest BCUT2D eigenvalue weighted by Crippen LogP contribution is -3.11. The number of halogens is 1. The fraction of sp³-hybridized carbons (Fsp3) is 0.409. The van der Waals surface area contributed by atoms with E-state index < -0.39 is 5.60 Å². The highest BCUT2D eigenvalue weighted by molar-refractivity contribution is 5.85. The number of quaternary nitrogens is 1. The second-order valence-corrected chi connectivity index (χ2v) is 6.31. The number of ether oxygens (including phenoxy) is 2. The second kappa shape index (κ2) is 11.8. The number of carbonyl (C=O) groups excluding carboxylic acids is 1. The standard InChI is InChI=1S/C22H29NO3.ClH/c1-4-23(5-2)17-12-18-26-21(24)22(25-3,19-13-8-6-9-14-19)20-15-10-7-11-16-20;/h6-11,13-16H,4-5,12,17-18H2,1-3H3;1H. The number of carbonyl (C=O) groups is 1. The molecule has 0 saturated heterocycles. The van der Waals surface area contributed by atoms with Gasteiger partial charge in [0.2, 0.25) is 5.60 Å². The molecule has 148 valence electrons. The van der Waals surface area contributed by atoms with Crippen molar-refractivity contribution in [1.82, 2.24) is 0 Å². The van der Waals surface area contributed by atoms with E-state index in [9.17, 15) is 4.79 Å². The Balaban J connectivity index is 0.00000364. The van der Waals surface area contributed by atoms with E-state index in [1.165, 1.54) is 4.90 Å². The lowest BCUT2D eigenvalue weighted by molar-refractivity contribution is -0.896. The highest BCUT2D eigenvalue weighted by Crippen LogP contribution is 2.34. The summed E-state index contributed by atoms with van der Waals surface area (Å²) in [4.78, 5) is 14.6. The largest absolute Gasteiger partial charge is 1.00 e. The van der Waals surface area contributed by atoms with Crippen molar-refractivity contribution in [2.75, 3.05) is 33.4 Å². The summed E-state index contributed by atoms with van der Waals surface area (Å²) in [7, 11) is 1.56. The Hall–Kier alpha value is -1.88. The van der Waals surface area contributed by atoms with Gasteiger partial charge in [0.05, 0.1) is 26.2 Å². The zero-order chi connectivity index (χ0) is 18.8. The van der Waals surface area contributed by atoms with Gasteiger partial charge in [-0.05, 0) is 25.0 Å². The number of methoxy groups -OCH3 is 1. The molecular formula is C22H30ClNO3. The Kier molecular flexibility index (Phi) is 10.1. The third-order valence-corrected chi connectivity index (χ3v) is 4.86. The van der Waals surface area contributed by atoms with Crippen molar-refractivity contribution >= 4 is 5.97 Å². The second-order valence-electron chi connectivity index (χ2n) is 6.31. The lowest BCUT2D eigenvalue weighted by atomic mass is 9.86. The molecule has 0 radical (unpaired) electrons. The van der Waals surface area contributed by atoms with E-state index >= 15 is 0 Å². The molecule has 0 spiro atoms. The maximum atomic E-state index is 13.1. The number of esters is 1. The average Bonchev–Trinajstić information content (AvgIpc) is 2.71. The van der Waals surface area contributed by atoms with Gasteiger partial charge in [0.15, 0.2) is 0 Å². The topological polar surface area (TPSA) is 40.0 Å². The van der Waals surface area contributed by atoms with Crippen molar-refractivity contribution in [3.05, 3.63) is 71.8 Å². The van der Waals surface area contributed by atoms with Gasteiger partial charge in [0.1, 0.15) is 0 Å². The number of rotatable bonds is 10. The van der Waals surface area contributed by atoms with E-state index in [0.29, 0.717) is 6.61 Å². The summed E-state index contributed by atoms with van der Waals surface area (Å²) in [6, 6.07) is 19.1. The first kappa shape index (κ1) is 23.2. The van der Waals surface area contributed by atoms with Crippen molar-refractivity contribution in [2.24, 2.45) is 0 Å². The number of hydrogen-bond donors (Lipinski definition) is 1. The Bertz CT molecular complexity index is 620. The molecule has 2 rings (SSSR count). The van der Waals surface area contributed by atoms with Gasteiger partial charge in [0.25, 0.3) is 0 Å². The van der Waals surface area contributed by atoms with Gasteiger partial charge in [-0.1, -0.05) is 60.7 Å². The van der Waals surface area contributed by atoms with Crippen LogP contribution in [0, 0.1) is 0 Å².